The van der Waals surface area contributed by atoms with E-state index in [1.54, 1.807) is 6.26 Å². The predicted octanol–water partition coefficient (Wildman–Crippen LogP) is 0.701. The average Bonchev–Trinajstić information content (AvgIpc) is 2.95. The summed E-state index contributed by atoms with van der Waals surface area (Å²) in [6.07, 6.45) is 4.66. The van der Waals surface area contributed by atoms with Gasteiger partial charge in [-0.25, -0.2) is 0 Å². The fourth-order valence-electron chi connectivity index (χ4n) is 2.51. The first kappa shape index (κ1) is 13.0. The minimum atomic E-state index is -0.761. The van der Waals surface area contributed by atoms with Gasteiger partial charge in [0.15, 0.2) is 0 Å². The van der Waals surface area contributed by atoms with Crippen molar-refractivity contribution in [1.82, 2.24) is 10.2 Å². The third-order valence-electron chi connectivity index (χ3n) is 3.64. The maximum atomic E-state index is 12.3. The number of carbonyl (C=O) groups excluding carboxylic acids is 1. The Bertz CT molecular complexity index is 339. The highest BCUT2D eigenvalue weighted by Crippen LogP contribution is 2.43. The summed E-state index contributed by atoms with van der Waals surface area (Å²) in [5.74, 6) is 1.37. The van der Waals surface area contributed by atoms with E-state index in [4.69, 9.17) is 0 Å². The molecule has 0 aromatic heterocycles. The molecule has 1 aliphatic carbocycles. The SMILES string of the molecule is CC(C)C1NC2(CC2)C(=O)N1CCCS(C)=O. The molecule has 0 bridgehead atoms. The second kappa shape index (κ2) is 4.69. The van der Waals surface area contributed by atoms with Crippen LogP contribution in [0.4, 0.5) is 0 Å². The standard InChI is InChI=1S/C12H22N2O2S/c1-9(2)10-13-12(5-6-12)11(15)14(10)7-4-8-17(3)16/h9-10,13H,4-8H2,1-3H3. The Morgan fingerprint density at radius 2 is 2.18 bits per heavy atom. The van der Waals surface area contributed by atoms with Crippen molar-refractivity contribution in [3.8, 4) is 0 Å². The van der Waals surface area contributed by atoms with Crippen LogP contribution >= 0.6 is 0 Å². The first-order valence-electron chi connectivity index (χ1n) is 6.35. The summed E-state index contributed by atoms with van der Waals surface area (Å²) in [7, 11) is -0.761. The lowest BCUT2D eigenvalue weighted by Crippen LogP contribution is -2.42. The number of hydrogen-bond donors (Lipinski definition) is 1. The number of rotatable bonds is 5. The third-order valence-corrected chi connectivity index (χ3v) is 4.51. The molecule has 17 heavy (non-hydrogen) atoms. The molecule has 2 atom stereocenters. The van der Waals surface area contributed by atoms with Gasteiger partial charge in [0.2, 0.25) is 5.91 Å². The van der Waals surface area contributed by atoms with Gasteiger partial charge in [-0.2, -0.15) is 0 Å². The highest BCUT2D eigenvalue weighted by molar-refractivity contribution is 7.84. The maximum absolute atomic E-state index is 12.3. The summed E-state index contributed by atoms with van der Waals surface area (Å²) >= 11 is 0. The molecule has 0 aromatic carbocycles. The van der Waals surface area contributed by atoms with Crippen LogP contribution in [0.2, 0.25) is 0 Å². The van der Waals surface area contributed by atoms with E-state index in [2.05, 4.69) is 19.2 Å². The monoisotopic (exact) mass is 258 g/mol. The highest BCUT2D eigenvalue weighted by Gasteiger charge is 2.59. The molecule has 1 N–H and O–H groups in total. The highest BCUT2D eigenvalue weighted by atomic mass is 32.2. The van der Waals surface area contributed by atoms with Crippen LogP contribution in [0, 0.1) is 5.92 Å². The zero-order chi connectivity index (χ0) is 12.6. The van der Waals surface area contributed by atoms with Gasteiger partial charge in [0.1, 0.15) is 0 Å². The van der Waals surface area contributed by atoms with Gasteiger partial charge < -0.3 is 4.90 Å². The van der Waals surface area contributed by atoms with E-state index in [-0.39, 0.29) is 17.6 Å². The average molecular weight is 258 g/mol. The minimum Gasteiger partial charge on any atom is -0.325 e. The van der Waals surface area contributed by atoms with Crippen molar-refractivity contribution in [2.45, 2.75) is 44.8 Å². The van der Waals surface area contributed by atoms with Crippen molar-refractivity contribution >= 4 is 16.7 Å². The summed E-state index contributed by atoms with van der Waals surface area (Å²) < 4.78 is 11.0. The summed E-state index contributed by atoms with van der Waals surface area (Å²) in [6, 6.07) is 0. The van der Waals surface area contributed by atoms with Crippen LogP contribution < -0.4 is 5.32 Å². The Morgan fingerprint density at radius 1 is 1.53 bits per heavy atom. The molecule has 1 heterocycles. The Labute approximate surface area is 106 Å². The number of carbonyl (C=O) groups is 1. The van der Waals surface area contributed by atoms with Gasteiger partial charge in [0.25, 0.3) is 0 Å². The summed E-state index contributed by atoms with van der Waals surface area (Å²) in [4.78, 5) is 14.2. The molecule has 1 aliphatic heterocycles. The van der Waals surface area contributed by atoms with Crippen molar-refractivity contribution in [1.29, 1.82) is 0 Å². The zero-order valence-corrected chi connectivity index (χ0v) is 11.7. The molecule has 1 amide bonds. The van der Waals surface area contributed by atoms with Crippen molar-refractivity contribution in [3.05, 3.63) is 0 Å². The van der Waals surface area contributed by atoms with E-state index in [0.717, 1.165) is 25.8 Å². The molecule has 2 rings (SSSR count). The van der Waals surface area contributed by atoms with Gasteiger partial charge in [-0.1, -0.05) is 13.8 Å². The van der Waals surface area contributed by atoms with Crippen LogP contribution in [0.1, 0.15) is 33.1 Å². The summed E-state index contributed by atoms with van der Waals surface area (Å²) in [5, 5.41) is 3.48. The molecule has 1 saturated carbocycles. The number of nitrogens with one attached hydrogen (secondary N) is 1. The third kappa shape index (κ3) is 2.55. The molecule has 2 unspecified atom stereocenters. The number of amides is 1. The van der Waals surface area contributed by atoms with E-state index in [1.807, 2.05) is 4.90 Å². The van der Waals surface area contributed by atoms with Crippen LogP contribution in [-0.4, -0.2) is 45.3 Å². The van der Waals surface area contributed by atoms with Crippen molar-refractivity contribution < 1.29 is 9.00 Å². The van der Waals surface area contributed by atoms with Gasteiger partial charge in [0.05, 0.1) is 11.7 Å². The molecule has 2 fully saturated rings. The van der Waals surface area contributed by atoms with Gasteiger partial charge in [-0.05, 0) is 25.2 Å². The van der Waals surface area contributed by atoms with Gasteiger partial charge in [0, 0.05) is 29.4 Å². The van der Waals surface area contributed by atoms with E-state index >= 15 is 0 Å². The Hall–Kier alpha value is -0.420. The molecular formula is C12H22N2O2S. The lowest BCUT2D eigenvalue weighted by Gasteiger charge is -2.27. The molecule has 0 aromatic rings. The molecule has 0 radical (unpaired) electrons. The largest absolute Gasteiger partial charge is 0.325 e. The smallest absolute Gasteiger partial charge is 0.244 e. The molecule has 4 nitrogen and oxygen atoms in total. The van der Waals surface area contributed by atoms with Crippen LogP contribution in [0.25, 0.3) is 0 Å². The fourth-order valence-corrected chi connectivity index (χ4v) is 3.05. The fraction of sp³-hybridized carbons (Fsp3) is 0.917. The second-order valence-electron chi connectivity index (χ2n) is 5.54. The molecule has 98 valence electrons. The first-order chi connectivity index (χ1) is 7.96. The Kier molecular flexibility index (Phi) is 3.59. The quantitative estimate of drug-likeness (QED) is 0.790. The minimum absolute atomic E-state index is 0.162. The van der Waals surface area contributed by atoms with Crippen LogP contribution in [0.15, 0.2) is 0 Å². The first-order valence-corrected chi connectivity index (χ1v) is 8.08. The second-order valence-corrected chi connectivity index (χ2v) is 7.10. The molecule has 5 heteroatoms. The van der Waals surface area contributed by atoms with Crippen molar-refractivity contribution in [3.63, 3.8) is 0 Å². The van der Waals surface area contributed by atoms with Gasteiger partial charge in [-0.15, -0.1) is 0 Å². The lowest BCUT2D eigenvalue weighted by molar-refractivity contribution is -0.131. The van der Waals surface area contributed by atoms with Gasteiger partial charge >= 0.3 is 0 Å². The number of hydrogen-bond acceptors (Lipinski definition) is 3. The van der Waals surface area contributed by atoms with E-state index in [1.165, 1.54) is 0 Å². The van der Waals surface area contributed by atoms with Crippen molar-refractivity contribution in [2.24, 2.45) is 5.92 Å². The normalized spacial score (nSPS) is 28.1. The predicted molar refractivity (Wildman–Crippen MR) is 69.0 cm³/mol. The maximum Gasteiger partial charge on any atom is 0.244 e. The molecule has 1 saturated heterocycles. The Morgan fingerprint density at radius 3 is 2.65 bits per heavy atom. The molecule has 2 aliphatic rings. The topological polar surface area (TPSA) is 49.4 Å². The number of nitrogens with zero attached hydrogens (tertiary/aromatic N) is 1. The lowest BCUT2D eigenvalue weighted by atomic mass is 10.1. The zero-order valence-electron chi connectivity index (χ0n) is 10.9. The van der Waals surface area contributed by atoms with Crippen LogP contribution in [0.3, 0.4) is 0 Å². The van der Waals surface area contributed by atoms with Crippen molar-refractivity contribution in [2.75, 3.05) is 18.6 Å². The van der Waals surface area contributed by atoms with E-state index in [0.29, 0.717) is 11.7 Å². The van der Waals surface area contributed by atoms with Crippen LogP contribution in [-0.2, 0) is 15.6 Å². The summed E-state index contributed by atoms with van der Waals surface area (Å²) in [6.45, 7) is 5.00. The van der Waals surface area contributed by atoms with Crippen LogP contribution in [0.5, 0.6) is 0 Å². The molecule has 1 spiro atoms. The van der Waals surface area contributed by atoms with Gasteiger partial charge in [-0.3, -0.25) is 14.3 Å². The van der Waals surface area contributed by atoms with E-state index < -0.39 is 10.8 Å². The Balaban J connectivity index is 1.97. The summed E-state index contributed by atoms with van der Waals surface area (Å²) in [5.41, 5.74) is -0.222. The molecular weight excluding hydrogens is 236 g/mol. The van der Waals surface area contributed by atoms with E-state index in [9.17, 15) is 9.00 Å².